The molecule has 0 spiro atoms. The summed E-state index contributed by atoms with van der Waals surface area (Å²) in [6, 6.07) is 0. The molecular weight excluding hydrogens is 320 g/mol. The monoisotopic (exact) mass is 350 g/mol. The highest BCUT2D eigenvalue weighted by atomic mass is 16.4. The quantitative estimate of drug-likeness (QED) is 0.393. The number of aliphatic hydroxyl groups excluding tert-OH is 2. The van der Waals surface area contributed by atoms with Crippen LogP contribution in [-0.2, 0) is 9.59 Å². The van der Waals surface area contributed by atoms with E-state index < -0.39 is 18.2 Å². The van der Waals surface area contributed by atoms with E-state index in [2.05, 4.69) is 0 Å². The van der Waals surface area contributed by atoms with Crippen molar-refractivity contribution in [3.63, 3.8) is 0 Å². The summed E-state index contributed by atoms with van der Waals surface area (Å²) in [4.78, 5) is 22.5. The highest BCUT2D eigenvalue weighted by Crippen LogP contribution is 2.33. The molecule has 0 bridgehead atoms. The highest BCUT2D eigenvalue weighted by Gasteiger charge is 2.39. The Balaban J connectivity index is 2.52. The largest absolute Gasteiger partial charge is 0.481 e. The number of allylic oxidation sites excluding steroid dienone is 3. The van der Waals surface area contributed by atoms with E-state index in [1.807, 2.05) is 31.2 Å². The highest BCUT2D eigenvalue weighted by molar-refractivity contribution is 5.84. The van der Waals surface area contributed by atoms with Gasteiger partial charge in [-0.1, -0.05) is 43.4 Å². The number of ketones is 1. The van der Waals surface area contributed by atoms with Gasteiger partial charge in [-0.15, -0.1) is 0 Å². The Morgan fingerprint density at radius 2 is 2.04 bits per heavy atom. The molecule has 1 saturated carbocycles. The van der Waals surface area contributed by atoms with Gasteiger partial charge in [-0.05, 0) is 32.1 Å². The molecule has 140 valence electrons. The molecule has 1 aliphatic rings. The van der Waals surface area contributed by atoms with Crippen molar-refractivity contribution >= 4 is 11.8 Å². The smallest absolute Gasteiger partial charge is 0.303 e. The van der Waals surface area contributed by atoms with Gasteiger partial charge < -0.3 is 15.3 Å². The van der Waals surface area contributed by atoms with Crippen LogP contribution in [0.15, 0.2) is 36.5 Å². The number of unbranched alkanes of at least 4 members (excludes halogenated alkanes) is 1. The van der Waals surface area contributed by atoms with Gasteiger partial charge in [0, 0.05) is 24.7 Å². The predicted molar refractivity (Wildman–Crippen MR) is 97.0 cm³/mol. The van der Waals surface area contributed by atoms with E-state index in [1.165, 1.54) is 0 Å². The Morgan fingerprint density at radius 1 is 1.28 bits per heavy atom. The van der Waals surface area contributed by atoms with Crippen LogP contribution in [0, 0.1) is 11.8 Å². The van der Waals surface area contributed by atoms with E-state index in [0.717, 1.165) is 6.42 Å². The fourth-order valence-corrected chi connectivity index (χ4v) is 3.00. The standard InChI is InChI=1S/C20H30O5/c1-2-3-6-9-15(21)12-13-17-16(18(22)14-19(17)23)10-7-4-5-8-11-20(24)25/h3-4,6-7,12-13,15-17,19,21,23H,2,5,8-11,14H2,1H3,(H,24,25)/b6-3+,7-4+,13-12+/t15-,16-,17-,19-/m0/s1. The zero-order valence-electron chi connectivity index (χ0n) is 14.9. The Hall–Kier alpha value is -1.72. The lowest BCUT2D eigenvalue weighted by Gasteiger charge is -2.16. The summed E-state index contributed by atoms with van der Waals surface area (Å²) in [7, 11) is 0. The van der Waals surface area contributed by atoms with Crippen LogP contribution in [0.5, 0.6) is 0 Å². The molecule has 4 atom stereocenters. The second-order valence-corrected chi connectivity index (χ2v) is 6.48. The van der Waals surface area contributed by atoms with Gasteiger partial charge >= 0.3 is 5.97 Å². The Kier molecular flexibility index (Phi) is 10.0. The summed E-state index contributed by atoms with van der Waals surface area (Å²) in [5.74, 6) is -1.32. The van der Waals surface area contributed by atoms with Crippen molar-refractivity contribution in [2.24, 2.45) is 11.8 Å². The molecule has 0 saturated heterocycles. The Morgan fingerprint density at radius 3 is 2.72 bits per heavy atom. The molecule has 25 heavy (non-hydrogen) atoms. The second-order valence-electron chi connectivity index (χ2n) is 6.48. The molecular formula is C20H30O5. The van der Waals surface area contributed by atoms with Crippen molar-refractivity contribution in [2.75, 3.05) is 0 Å². The summed E-state index contributed by atoms with van der Waals surface area (Å²) in [6.45, 7) is 2.03. The minimum Gasteiger partial charge on any atom is -0.481 e. The minimum absolute atomic E-state index is 0.0395. The summed E-state index contributed by atoms with van der Waals surface area (Å²) in [6.07, 6.45) is 13.3. The third-order valence-electron chi connectivity index (χ3n) is 4.39. The molecule has 0 amide bonds. The number of hydrogen-bond acceptors (Lipinski definition) is 4. The van der Waals surface area contributed by atoms with Gasteiger partial charge in [-0.3, -0.25) is 9.59 Å². The van der Waals surface area contributed by atoms with Crippen molar-refractivity contribution < 1.29 is 24.9 Å². The second kappa shape index (κ2) is 11.8. The Bertz CT molecular complexity index is 506. The lowest BCUT2D eigenvalue weighted by Crippen LogP contribution is -2.18. The van der Waals surface area contributed by atoms with Crippen LogP contribution in [0.25, 0.3) is 0 Å². The van der Waals surface area contributed by atoms with Crippen molar-refractivity contribution in [1.29, 1.82) is 0 Å². The zero-order valence-corrected chi connectivity index (χ0v) is 14.9. The van der Waals surface area contributed by atoms with Crippen LogP contribution in [0.4, 0.5) is 0 Å². The fourth-order valence-electron chi connectivity index (χ4n) is 3.00. The maximum absolute atomic E-state index is 12.1. The number of carboxylic acid groups (broad SMARTS) is 1. The van der Waals surface area contributed by atoms with Crippen molar-refractivity contribution in [2.45, 2.75) is 64.1 Å². The summed E-state index contributed by atoms with van der Waals surface area (Å²) >= 11 is 0. The number of rotatable bonds is 11. The van der Waals surface area contributed by atoms with Crippen molar-refractivity contribution in [1.82, 2.24) is 0 Å². The normalized spacial score (nSPS) is 25.6. The molecule has 0 aromatic heterocycles. The number of aliphatic hydroxyl groups is 2. The van der Waals surface area contributed by atoms with Crippen LogP contribution in [0.3, 0.4) is 0 Å². The van der Waals surface area contributed by atoms with Crippen molar-refractivity contribution in [3.05, 3.63) is 36.5 Å². The lowest BCUT2D eigenvalue weighted by molar-refractivity contribution is -0.137. The molecule has 3 N–H and O–H groups in total. The van der Waals surface area contributed by atoms with Gasteiger partial charge in [0.25, 0.3) is 0 Å². The van der Waals surface area contributed by atoms with Gasteiger partial charge in [0.05, 0.1) is 12.2 Å². The van der Waals surface area contributed by atoms with E-state index >= 15 is 0 Å². The van der Waals surface area contributed by atoms with Crippen LogP contribution in [0.1, 0.15) is 51.9 Å². The van der Waals surface area contributed by atoms with E-state index in [0.29, 0.717) is 25.7 Å². The summed E-state index contributed by atoms with van der Waals surface area (Å²) in [5.41, 5.74) is 0. The predicted octanol–water partition coefficient (Wildman–Crippen LogP) is 3.03. The van der Waals surface area contributed by atoms with Crippen LogP contribution in [-0.4, -0.2) is 39.3 Å². The number of carbonyl (C=O) groups is 2. The molecule has 0 aliphatic heterocycles. The van der Waals surface area contributed by atoms with E-state index in [4.69, 9.17) is 5.11 Å². The van der Waals surface area contributed by atoms with Gasteiger partial charge in [0.1, 0.15) is 5.78 Å². The van der Waals surface area contributed by atoms with Crippen molar-refractivity contribution in [3.8, 4) is 0 Å². The topological polar surface area (TPSA) is 94.8 Å². The average Bonchev–Trinajstić information content (AvgIpc) is 2.82. The molecule has 0 radical (unpaired) electrons. The first-order valence-corrected chi connectivity index (χ1v) is 9.04. The third kappa shape index (κ3) is 8.27. The summed E-state index contributed by atoms with van der Waals surface area (Å²) < 4.78 is 0. The average molecular weight is 350 g/mol. The molecule has 1 fully saturated rings. The van der Waals surface area contributed by atoms with Crippen LogP contribution >= 0.6 is 0 Å². The number of aliphatic carboxylic acids is 1. The van der Waals surface area contributed by atoms with Gasteiger partial charge in [-0.25, -0.2) is 0 Å². The number of Topliss-reactive ketones (excluding diaryl/α,β-unsaturated/α-hetero) is 1. The number of carbonyl (C=O) groups excluding carboxylic acids is 1. The molecule has 0 heterocycles. The van der Waals surface area contributed by atoms with E-state index in [-0.39, 0.29) is 30.5 Å². The van der Waals surface area contributed by atoms with Crippen LogP contribution in [0.2, 0.25) is 0 Å². The summed E-state index contributed by atoms with van der Waals surface area (Å²) in [5, 5.41) is 28.6. The first-order chi connectivity index (χ1) is 12.0. The molecule has 0 aromatic carbocycles. The minimum atomic E-state index is -0.806. The van der Waals surface area contributed by atoms with E-state index in [1.54, 1.807) is 12.2 Å². The Labute approximate surface area is 149 Å². The number of carboxylic acids is 1. The van der Waals surface area contributed by atoms with E-state index in [9.17, 15) is 19.8 Å². The maximum Gasteiger partial charge on any atom is 0.303 e. The molecule has 1 rings (SSSR count). The SMILES string of the molecule is CC/C=C/C[C@H](O)/C=C/[C@H]1[C@H](C/C=C/CCCC(=O)O)C(=O)C[C@@H]1O. The molecule has 5 nitrogen and oxygen atoms in total. The van der Waals surface area contributed by atoms with Gasteiger partial charge in [-0.2, -0.15) is 0 Å². The molecule has 0 unspecified atom stereocenters. The zero-order chi connectivity index (χ0) is 18.7. The molecule has 0 aromatic rings. The van der Waals surface area contributed by atoms with Gasteiger partial charge in [0.15, 0.2) is 0 Å². The fraction of sp³-hybridized carbons (Fsp3) is 0.600. The van der Waals surface area contributed by atoms with Gasteiger partial charge in [0.2, 0.25) is 0 Å². The van der Waals surface area contributed by atoms with Crippen LogP contribution < -0.4 is 0 Å². The number of hydrogen-bond donors (Lipinski definition) is 3. The molecule has 1 aliphatic carbocycles. The molecule has 5 heteroatoms. The lowest BCUT2D eigenvalue weighted by atomic mass is 9.90. The third-order valence-corrected chi connectivity index (χ3v) is 4.39. The maximum atomic E-state index is 12.1. The first-order valence-electron chi connectivity index (χ1n) is 9.04. The first kappa shape index (κ1) is 21.3.